The summed E-state index contributed by atoms with van der Waals surface area (Å²) < 4.78 is 25.0. The monoisotopic (exact) mass is 530 g/mol. The van der Waals surface area contributed by atoms with Crippen molar-refractivity contribution in [1.29, 1.82) is 0 Å². The molecule has 8 heteroatoms. The maximum atomic E-state index is 13.8. The summed E-state index contributed by atoms with van der Waals surface area (Å²) in [7, 11) is 0. The average molecular weight is 531 g/mol. The van der Waals surface area contributed by atoms with Crippen LogP contribution in [0.15, 0.2) is 72.8 Å². The molecule has 2 atom stereocenters. The molecule has 1 N–H and O–H groups in total. The summed E-state index contributed by atoms with van der Waals surface area (Å²) >= 11 is 0. The Labute approximate surface area is 226 Å². The van der Waals surface area contributed by atoms with Crippen molar-refractivity contribution in [3.8, 4) is 11.1 Å². The van der Waals surface area contributed by atoms with Gasteiger partial charge in [-0.15, -0.1) is 0 Å². The lowest BCUT2D eigenvalue weighted by atomic mass is 9.98. The van der Waals surface area contributed by atoms with Gasteiger partial charge in [0.25, 0.3) is 0 Å². The highest BCUT2D eigenvalue weighted by Gasteiger charge is 2.42. The molecule has 202 valence electrons. The minimum absolute atomic E-state index is 0.0603. The minimum Gasteiger partial charge on any atom is -0.449 e. The van der Waals surface area contributed by atoms with Crippen LogP contribution in [0.1, 0.15) is 54.6 Å². The van der Waals surface area contributed by atoms with Crippen LogP contribution in [0.2, 0.25) is 0 Å². The van der Waals surface area contributed by atoms with Gasteiger partial charge in [-0.25, -0.2) is 14.0 Å². The van der Waals surface area contributed by atoms with E-state index in [1.54, 1.807) is 20.8 Å². The number of rotatable bonds is 5. The van der Waals surface area contributed by atoms with Crippen LogP contribution in [0.4, 0.5) is 14.0 Å². The quantitative estimate of drug-likeness (QED) is 0.414. The molecule has 1 heterocycles. The first-order valence-corrected chi connectivity index (χ1v) is 13.0. The fourth-order valence-corrected chi connectivity index (χ4v) is 5.35. The normalized spacial score (nSPS) is 18.3. The number of likely N-dealkylation sites (tertiary alicyclic amines) is 1. The van der Waals surface area contributed by atoms with Crippen LogP contribution >= 0.6 is 0 Å². The topological polar surface area (TPSA) is 84.9 Å². The number of nitrogens with zero attached hydrogens (tertiary/aromatic N) is 1. The summed E-state index contributed by atoms with van der Waals surface area (Å²) in [4.78, 5) is 40.4. The Morgan fingerprint density at radius 3 is 2.21 bits per heavy atom. The molecule has 2 unspecified atom stereocenters. The lowest BCUT2D eigenvalue weighted by Gasteiger charge is -2.28. The number of fused-ring (bicyclic) bond motifs is 3. The Bertz CT molecular complexity index is 1370. The summed E-state index contributed by atoms with van der Waals surface area (Å²) in [5.41, 5.74) is 3.83. The van der Waals surface area contributed by atoms with Gasteiger partial charge in [0.15, 0.2) is 5.78 Å². The van der Waals surface area contributed by atoms with E-state index >= 15 is 0 Å². The van der Waals surface area contributed by atoms with Crippen LogP contribution in [0.3, 0.4) is 0 Å². The molecular weight excluding hydrogens is 499 g/mol. The number of carbonyl (C=O) groups is 3. The van der Waals surface area contributed by atoms with Gasteiger partial charge in [-0.1, -0.05) is 60.7 Å². The van der Waals surface area contributed by atoms with Gasteiger partial charge < -0.3 is 14.8 Å². The lowest BCUT2D eigenvalue weighted by Crippen LogP contribution is -2.44. The number of hydrogen-bond donors (Lipinski definition) is 1. The van der Waals surface area contributed by atoms with E-state index < -0.39 is 41.5 Å². The third-order valence-electron chi connectivity index (χ3n) is 7.01. The zero-order chi connectivity index (χ0) is 27.7. The van der Waals surface area contributed by atoms with Gasteiger partial charge in [0.2, 0.25) is 0 Å². The van der Waals surface area contributed by atoms with Crippen molar-refractivity contribution >= 4 is 18.0 Å². The molecule has 7 nitrogen and oxygen atoms in total. The number of hydrogen-bond acceptors (Lipinski definition) is 5. The van der Waals surface area contributed by atoms with Crippen molar-refractivity contribution in [2.45, 2.75) is 50.8 Å². The van der Waals surface area contributed by atoms with E-state index in [-0.39, 0.29) is 31.1 Å². The van der Waals surface area contributed by atoms with E-state index in [2.05, 4.69) is 17.4 Å². The van der Waals surface area contributed by atoms with E-state index in [9.17, 15) is 18.8 Å². The van der Waals surface area contributed by atoms with E-state index in [1.165, 1.54) is 23.1 Å². The molecule has 1 saturated heterocycles. The summed E-state index contributed by atoms with van der Waals surface area (Å²) in [6.07, 6.45) is -1.15. The van der Waals surface area contributed by atoms with Crippen LogP contribution in [0.5, 0.6) is 0 Å². The number of amides is 2. The Kier molecular flexibility index (Phi) is 7.12. The number of alkyl carbamates (subject to hydrolysis) is 1. The van der Waals surface area contributed by atoms with Crippen LogP contribution in [0, 0.1) is 5.82 Å². The molecule has 0 spiro atoms. The number of carbonyl (C=O) groups excluding carboxylic acids is 3. The van der Waals surface area contributed by atoms with Crippen molar-refractivity contribution in [3.63, 3.8) is 0 Å². The number of halogens is 1. The van der Waals surface area contributed by atoms with E-state index in [0.29, 0.717) is 0 Å². The van der Waals surface area contributed by atoms with Gasteiger partial charge >= 0.3 is 12.2 Å². The van der Waals surface area contributed by atoms with Gasteiger partial charge in [0.1, 0.15) is 24.1 Å². The summed E-state index contributed by atoms with van der Waals surface area (Å²) in [5, 5.41) is 2.81. The van der Waals surface area contributed by atoms with E-state index in [0.717, 1.165) is 28.3 Å². The largest absolute Gasteiger partial charge is 0.449 e. The Hall–Kier alpha value is -4.20. The highest BCUT2D eigenvalue weighted by Crippen LogP contribution is 2.44. The van der Waals surface area contributed by atoms with Crippen LogP contribution in [-0.4, -0.2) is 53.7 Å². The van der Waals surface area contributed by atoms with Crippen molar-refractivity contribution in [3.05, 3.63) is 95.3 Å². The smallest absolute Gasteiger partial charge is 0.410 e. The average Bonchev–Trinajstić information content (AvgIpc) is 3.45. The molecule has 1 aliphatic heterocycles. The second-order valence-corrected chi connectivity index (χ2v) is 10.9. The maximum Gasteiger partial charge on any atom is 0.410 e. The number of ketones is 1. The van der Waals surface area contributed by atoms with Crippen molar-refractivity contribution in [2.24, 2.45) is 0 Å². The van der Waals surface area contributed by atoms with Crippen LogP contribution in [-0.2, 0) is 9.47 Å². The molecule has 0 bridgehead atoms. The van der Waals surface area contributed by atoms with Crippen molar-refractivity contribution in [1.82, 2.24) is 10.2 Å². The Morgan fingerprint density at radius 2 is 1.59 bits per heavy atom. The molecule has 2 amide bonds. The predicted octanol–water partition coefficient (Wildman–Crippen LogP) is 5.93. The predicted molar refractivity (Wildman–Crippen MR) is 144 cm³/mol. The molecule has 5 rings (SSSR count). The molecule has 1 fully saturated rings. The number of benzene rings is 3. The molecule has 2 aliphatic rings. The van der Waals surface area contributed by atoms with Gasteiger partial charge in [0.05, 0.1) is 6.04 Å². The van der Waals surface area contributed by atoms with Gasteiger partial charge in [0, 0.05) is 18.0 Å². The molecule has 0 radical (unpaired) electrons. The highest BCUT2D eigenvalue weighted by molar-refractivity contribution is 6.02. The number of ether oxygens (including phenoxy) is 2. The van der Waals surface area contributed by atoms with Crippen LogP contribution < -0.4 is 5.32 Å². The third kappa shape index (κ3) is 5.65. The second kappa shape index (κ2) is 10.5. The maximum absolute atomic E-state index is 13.8. The van der Waals surface area contributed by atoms with Gasteiger partial charge in [-0.2, -0.15) is 0 Å². The number of nitrogens with one attached hydrogen (secondary N) is 1. The second-order valence-electron chi connectivity index (χ2n) is 10.9. The molecule has 0 aromatic heterocycles. The zero-order valence-electron chi connectivity index (χ0n) is 22.1. The van der Waals surface area contributed by atoms with Gasteiger partial charge in [-0.3, -0.25) is 9.69 Å². The van der Waals surface area contributed by atoms with Crippen LogP contribution in [0.25, 0.3) is 11.1 Å². The molecule has 3 aromatic carbocycles. The summed E-state index contributed by atoms with van der Waals surface area (Å²) in [6, 6.07) is 20.0. The summed E-state index contributed by atoms with van der Waals surface area (Å²) in [6.45, 7) is 5.41. The molecule has 3 aromatic rings. The fraction of sp³-hybridized carbons (Fsp3) is 0.323. The first-order valence-electron chi connectivity index (χ1n) is 13.0. The highest BCUT2D eigenvalue weighted by atomic mass is 19.1. The Balaban J connectivity index is 1.28. The molecule has 39 heavy (non-hydrogen) atoms. The van der Waals surface area contributed by atoms with E-state index in [1.807, 2.05) is 36.4 Å². The minimum atomic E-state index is -0.916. The molecule has 1 aliphatic carbocycles. The van der Waals surface area contributed by atoms with E-state index in [4.69, 9.17) is 9.47 Å². The first-order chi connectivity index (χ1) is 18.6. The van der Waals surface area contributed by atoms with Crippen molar-refractivity contribution in [2.75, 3.05) is 13.2 Å². The molecular formula is C31H31FN2O5. The summed E-state index contributed by atoms with van der Waals surface area (Å²) in [5.74, 6) is -1.06. The lowest BCUT2D eigenvalue weighted by molar-refractivity contribution is 0.0219. The van der Waals surface area contributed by atoms with Crippen molar-refractivity contribution < 1.29 is 28.2 Å². The molecule has 0 saturated carbocycles. The SMILES string of the molecule is CC(C)(C)OC(=O)N1CC(NC(=O)OCC2c3ccccc3-c3ccccc32)CC1C(=O)c1cccc(F)c1. The standard InChI is InChI=1S/C31H31FN2O5/c1-31(2,3)39-30(37)34-17-21(16-27(34)28(35)19-9-8-10-20(32)15-19)33-29(36)38-18-26-24-13-6-4-11-22(24)23-12-5-7-14-25(23)26/h4-15,21,26-27H,16-18H2,1-3H3,(H,33,36). The fourth-order valence-electron chi connectivity index (χ4n) is 5.35. The van der Waals surface area contributed by atoms with Gasteiger partial charge in [-0.05, 0) is 61.6 Å². The third-order valence-corrected chi connectivity index (χ3v) is 7.01. The number of Topliss-reactive ketones (excluding diaryl/α,β-unsaturated/α-hetero) is 1. The zero-order valence-corrected chi connectivity index (χ0v) is 22.1. The Morgan fingerprint density at radius 1 is 0.949 bits per heavy atom. The first kappa shape index (κ1) is 26.4.